The zero-order chi connectivity index (χ0) is 24.2. The van der Waals surface area contributed by atoms with Gasteiger partial charge in [0.05, 0.1) is 24.8 Å². The number of carbonyl (C=O) groups excluding carboxylic acids is 1. The van der Waals surface area contributed by atoms with E-state index in [-0.39, 0.29) is 5.78 Å². The van der Waals surface area contributed by atoms with E-state index in [1.54, 1.807) is 43.9 Å². The minimum Gasteiger partial charge on any atom is -0.497 e. The van der Waals surface area contributed by atoms with Crippen LogP contribution >= 0.6 is 11.3 Å². The average molecular weight is 482 g/mol. The maximum atomic E-state index is 13.8. The highest BCUT2D eigenvalue weighted by molar-refractivity contribution is 7.22. The van der Waals surface area contributed by atoms with Crippen LogP contribution in [-0.2, 0) is 6.61 Å². The fraction of sp³-hybridized carbons (Fsp3) is 0.103. The third-order valence-electron chi connectivity index (χ3n) is 5.71. The summed E-state index contributed by atoms with van der Waals surface area (Å²) in [5, 5.41) is 0.922. The molecule has 2 heterocycles. The van der Waals surface area contributed by atoms with Gasteiger partial charge < -0.3 is 14.2 Å². The molecule has 0 aliphatic carbocycles. The highest BCUT2D eigenvalue weighted by atomic mass is 32.1. The number of nitrogens with zero attached hydrogens (tertiary/aromatic N) is 1. The molecule has 0 amide bonds. The molecule has 0 atom stereocenters. The third-order valence-corrected chi connectivity index (χ3v) is 6.91. The van der Waals surface area contributed by atoms with E-state index in [2.05, 4.69) is 4.98 Å². The standard InChI is InChI=1S/C29H23NO4S/c1-32-22-14-15-23(25(17-22)33-2)29-27(24-8-3-4-9-26(24)35-29)28(31)19-10-12-21(13-11-19)34-18-20-7-5-6-16-30-20/h3-17H,18H2,1-2H3. The Balaban J connectivity index is 1.50. The molecule has 0 fully saturated rings. The summed E-state index contributed by atoms with van der Waals surface area (Å²) in [6, 6.07) is 26.6. The van der Waals surface area contributed by atoms with E-state index in [0.29, 0.717) is 35.0 Å². The van der Waals surface area contributed by atoms with Crippen molar-refractivity contribution >= 4 is 27.2 Å². The SMILES string of the molecule is COc1ccc(-c2sc3ccccc3c2C(=O)c2ccc(OCc3ccccn3)cc2)c(OC)c1. The topological polar surface area (TPSA) is 57.7 Å². The lowest BCUT2D eigenvalue weighted by molar-refractivity contribution is 0.104. The van der Waals surface area contributed by atoms with Crippen molar-refractivity contribution in [3.8, 4) is 27.7 Å². The summed E-state index contributed by atoms with van der Waals surface area (Å²) < 4.78 is 17.9. The number of hydrogen-bond donors (Lipinski definition) is 0. The van der Waals surface area contributed by atoms with Gasteiger partial charge in [-0.15, -0.1) is 11.3 Å². The summed E-state index contributed by atoms with van der Waals surface area (Å²) in [4.78, 5) is 19.0. The van der Waals surface area contributed by atoms with Crippen LogP contribution in [0.5, 0.6) is 17.2 Å². The number of hydrogen-bond acceptors (Lipinski definition) is 6. The fourth-order valence-corrected chi connectivity index (χ4v) is 5.16. The van der Waals surface area contributed by atoms with Crippen LogP contribution in [0.4, 0.5) is 0 Å². The fourth-order valence-electron chi connectivity index (χ4n) is 3.93. The Morgan fingerprint density at radius 1 is 0.857 bits per heavy atom. The molecule has 6 heteroatoms. The number of ketones is 1. The van der Waals surface area contributed by atoms with E-state index >= 15 is 0 Å². The first-order valence-electron chi connectivity index (χ1n) is 11.1. The Labute approximate surface area is 207 Å². The second-order valence-electron chi connectivity index (χ2n) is 7.83. The van der Waals surface area contributed by atoms with Crippen LogP contribution in [0.15, 0.2) is 91.1 Å². The van der Waals surface area contributed by atoms with Gasteiger partial charge in [0, 0.05) is 39.0 Å². The second-order valence-corrected chi connectivity index (χ2v) is 8.88. The van der Waals surface area contributed by atoms with Crippen LogP contribution in [0.25, 0.3) is 20.5 Å². The van der Waals surface area contributed by atoms with Crippen molar-refractivity contribution in [3.05, 3.63) is 108 Å². The molecular formula is C29H23NO4S. The summed E-state index contributed by atoms with van der Waals surface area (Å²) in [5.74, 6) is 1.98. The second kappa shape index (κ2) is 9.99. The first-order valence-corrected chi connectivity index (χ1v) is 11.9. The molecule has 0 N–H and O–H groups in total. The van der Waals surface area contributed by atoms with Crippen molar-refractivity contribution in [1.29, 1.82) is 0 Å². The van der Waals surface area contributed by atoms with Gasteiger partial charge in [-0.2, -0.15) is 0 Å². The molecule has 0 unspecified atom stereocenters. The van der Waals surface area contributed by atoms with Gasteiger partial charge in [0.15, 0.2) is 5.78 Å². The van der Waals surface area contributed by atoms with Crippen LogP contribution in [0.3, 0.4) is 0 Å². The van der Waals surface area contributed by atoms with Gasteiger partial charge in [0.25, 0.3) is 0 Å². The van der Waals surface area contributed by atoms with Crippen molar-refractivity contribution in [2.75, 3.05) is 14.2 Å². The normalized spacial score (nSPS) is 10.8. The summed E-state index contributed by atoms with van der Waals surface area (Å²) >= 11 is 1.58. The first-order chi connectivity index (χ1) is 17.2. The molecule has 0 spiro atoms. The highest BCUT2D eigenvalue weighted by Crippen LogP contribution is 2.44. The molecule has 0 aliphatic heterocycles. The molecule has 3 aromatic carbocycles. The summed E-state index contributed by atoms with van der Waals surface area (Å²) in [7, 11) is 3.24. The van der Waals surface area contributed by atoms with Gasteiger partial charge in [0.1, 0.15) is 23.9 Å². The number of aromatic nitrogens is 1. The van der Waals surface area contributed by atoms with Crippen molar-refractivity contribution in [3.63, 3.8) is 0 Å². The maximum Gasteiger partial charge on any atom is 0.195 e. The van der Waals surface area contributed by atoms with Crippen molar-refractivity contribution in [2.45, 2.75) is 6.61 Å². The van der Waals surface area contributed by atoms with E-state index in [9.17, 15) is 4.79 Å². The highest BCUT2D eigenvalue weighted by Gasteiger charge is 2.23. The Hall–Kier alpha value is -4.16. The van der Waals surface area contributed by atoms with Crippen LogP contribution < -0.4 is 14.2 Å². The van der Waals surface area contributed by atoms with Crippen molar-refractivity contribution in [1.82, 2.24) is 4.98 Å². The van der Waals surface area contributed by atoms with E-state index in [0.717, 1.165) is 26.2 Å². The zero-order valence-electron chi connectivity index (χ0n) is 19.4. The first kappa shape index (κ1) is 22.6. The Morgan fingerprint density at radius 2 is 1.63 bits per heavy atom. The van der Waals surface area contributed by atoms with Crippen LogP contribution in [0.2, 0.25) is 0 Å². The molecule has 0 bridgehead atoms. The summed E-state index contributed by atoms with van der Waals surface area (Å²) in [6.07, 6.45) is 1.74. The number of ether oxygens (including phenoxy) is 3. The van der Waals surface area contributed by atoms with E-state index in [4.69, 9.17) is 14.2 Å². The number of benzene rings is 3. The average Bonchev–Trinajstić information content (AvgIpc) is 3.31. The zero-order valence-corrected chi connectivity index (χ0v) is 20.2. The predicted octanol–water partition coefficient (Wildman–Crippen LogP) is 6.79. The molecule has 0 radical (unpaired) electrons. The van der Waals surface area contributed by atoms with E-state index in [1.165, 1.54) is 0 Å². The lowest BCUT2D eigenvalue weighted by Crippen LogP contribution is -2.03. The molecule has 5 nitrogen and oxygen atoms in total. The maximum absolute atomic E-state index is 13.8. The molecule has 2 aromatic heterocycles. The monoisotopic (exact) mass is 481 g/mol. The van der Waals surface area contributed by atoms with Crippen LogP contribution in [-0.4, -0.2) is 25.0 Å². The number of thiophene rings is 1. The quantitative estimate of drug-likeness (QED) is 0.228. The molecule has 5 rings (SSSR count). The summed E-state index contributed by atoms with van der Waals surface area (Å²) in [6.45, 7) is 0.366. The molecule has 0 saturated carbocycles. The number of carbonyl (C=O) groups is 1. The Morgan fingerprint density at radius 3 is 2.37 bits per heavy atom. The van der Waals surface area contributed by atoms with Gasteiger partial charge in [-0.3, -0.25) is 9.78 Å². The predicted molar refractivity (Wildman–Crippen MR) is 139 cm³/mol. The molecule has 0 aliphatic rings. The van der Waals surface area contributed by atoms with Gasteiger partial charge in [-0.1, -0.05) is 24.3 Å². The number of fused-ring (bicyclic) bond motifs is 1. The van der Waals surface area contributed by atoms with Gasteiger partial charge in [-0.05, 0) is 54.6 Å². The molecule has 35 heavy (non-hydrogen) atoms. The van der Waals surface area contributed by atoms with Crippen LogP contribution in [0, 0.1) is 0 Å². The molecule has 0 saturated heterocycles. The van der Waals surface area contributed by atoms with Crippen LogP contribution in [0.1, 0.15) is 21.6 Å². The number of methoxy groups -OCH3 is 2. The molecular weight excluding hydrogens is 458 g/mol. The Kier molecular flexibility index (Phi) is 6.46. The lowest BCUT2D eigenvalue weighted by atomic mass is 9.97. The van der Waals surface area contributed by atoms with Crippen molar-refractivity contribution in [2.24, 2.45) is 0 Å². The number of pyridine rings is 1. The minimum absolute atomic E-state index is 0.0494. The van der Waals surface area contributed by atoms with Crippen molar-refractivity contribution < 1.29 is 19.0 Å². The number of rotatable bonds is 8. The van der Waals surface area contributed by atoms with E-state index < -0.39 is 0 Å². The largest absolute Gasteiger partial charge is 0.497 e. The molecule has 5 aromatic rings. The van der Waals surface area contributed by atoms with Gasteiger partial charge in [-0.25, -0.2) is 0 Å². The minimum atomic E-state index is -0.0494. The lowest BCUT2D eigenvalue weighted by Gasteiger charge is -2.11. The smallest absolute Gasteiger partial charge is 0.195 e. The van der Waals surface area contributed by atoms with Gasteiger partial charge in [0.2, 0.25) is 0 Å². The third kappa shape index (κ3) is 4.61. The van der Waals surface area contributed by atoms with Gasteiger partial charge >= 0.3 is 0 Å². The van der Waals surface area contributed by atoms with E-state index in [1.807, 2.05) is 72.8 Å². The molecule has 174 valence electrons. The Bertz CT molecular complexity index is 1480. The summed E-state index contributed by atoms with van der Waals surface area (Å²) in [5.41, 5.74) is 2.95.